The highest BCUT2D eigenvalue weighted by Gasteiger charge is 2.32. The smallest absolute Gasteiger partial charge is 0.357 e. The van der Waals surface area contributed by atoms with Crippen molar-refractivity contribution in [1.82, 2.24) is 9.97 Å². The Morgan fingerprint density at radius 2 is 1.76 bits per heavy atom. The summed E-state index contributed by atoms with van der Waals surface area (Å²) >= 11 is 0. The van der Waals surface area contributed by atoms with E-state index in [4.69, 9.17) is 0 Å². The quantitative estimate of drug-likeness (QED) is 0.746. The molecule has 1 N–H and O–H groups in total. The van der Waals surface area contributed by atoms with Gasteiger partial charge in [0.1, 0.15) is 5.69 Å². The van der Waals surface area contributed by atoms with Crippen LogP contribution in [0.5, 0.6) is 0 Å². The first-order valence-corrected chi connectivity index (χ1v) is 5.24. The van der Waals surface area contributed by atoms with Gasteiger partial charge in [-0.25, -0.2) is 4.98 Å². The van der Waals surface area contributed by atoms with Crippen molar-refractivity contribution >= 4 is 10.9 Å². The molecule has 0 bridgehead atoms. The van der Waals surface area contributed by atoms with Crippen LogP contribution in [0.4, 0.5) is 13.2 Å². The van der Waals surface area contributed by atoms with E-state index >= 15 is 0 Å². The molecule has 0 aromatic carbocycles. The van der Waals surface area contributed by atoms with E-state index in [-0.39, 0.29) is 5.41 Å². The first kappa shape index (κ1) is 12.0. The predicted molar refractivity (Wildman–Crippen MR) is 59.8 cm³/mol. The molecule has 0 fully saturated rings. The van der Waals surface area contributed by atoms with Gasteiger partial charge in [-0.1, -0.05) is 20.8 Å². The zero-order valence-corrected chi connectivity index (χ0v) is 9.81. The van der Waals surface area contributed by atoms with E-state index in [9.17, 15) is 13.2 Å². The van der Waals surface area contributed by atoms with Gasteiger partial charge in [-0.15, -0.1) is 0 Å². The van der Waals surface area contributed by atoms with E-state index in [0.717, 1.165) is 11.8 Å². The van der Waals surface area contributed by atoms with Crippen LogP contribution >= 0.6 is 0 Å². The van der Waals surface area contributed by atoms with Crippen LogP contribution in [0.15, 0.2) is 18.3 Å². The highest BCUT2D eigenvalue weighted by molar-refractivity contribution is 5.80. The zero-order valence-electron chi connectivity index (χ0n) is 9.81. The third-order valence-electron chi connectivity index (χ3n) is 2.60. The number of alkyl halides is 3. The standard InChI is InChI=1S/C12H13F3N2/c1-11(2,3)9-4-7-5-10(12(13,14)15)16-6-8(7)17-9/h4-6,17H,1-3H3. The Labute approximate surface area is 96.9 Å². The summed E-state index contributed by atoms with van der Waals surface area (Å²) in [5, 5.41) is 0.539. The summed E-state index contributed by atoms with van der Waals surface area (Å²) in [6.07, 6.45) is -3.17. The van der Waals surface area contributed by atoms with Crippen LogP contribution in [0.25, 0.3) is 10.9 Å². The number of H-pyrrole nitrogens is 1. The Morgan fingerprint density at radius 1 is 1.12 bits per heavy atom. The van der Waals surface area contributed by atoms with Crippen LogP contribution < -0.4 is 0 Å². The molecule has 0 radical (unpaired) electrons. The largest absolute Gasteiger partial charge is 0.433 e. The Kier molecular flexibility index (Phi) is 2.45. The molecule has 92 valence electrons. The normalized spacial score (nSPS) is 13.3. The van der Waals surface area contributed by atoms with Crippen molar-refractivity contribution < 1.29 is 13.2 Å². The van der Waals surface area contributed by atoms with Gasteiger partial charge in [-0.2, -0.15) is 13.2 Å². The maximum Gasteiger partial charge on any atom is 0.433 e. The molecule has 2 rings (SSSR count). The molecule has 2 aromatic heterocycles. The number of halogens is 3. The summed E-state index contributed by atoms with van der Waals surface area (Å²) in [6.45, 7) is 5.99. The molecule has 0 saturated carbocycles. The lowest BCUT2D eigenvalue weighted by atomic mass is 9.92. The van der Waals surface area contributed by atoms with E-state index < -0.39 is 11.9 Å². The van der Waals surface area contributed by atoms with Gasteiger partial charge in [-0.3, -0.25) is 0 Å². The number of hydrogen-bond acceptors (Lipinski definition) is 1. The average Bonchev–Trinajstić information content (AvgIpc) is 2.57. The number of aromatic nitrogens is 2. The monoisotopic (exact) mass is 242 g/mol. The molecule has 0 unspecified atom stereocenters. The summed E-state index contributed by atoms with van der Waals surface area (Å²) in [5.74, 6) is 0. The first-order valence-electron chi connectivity index (χ1n) is 5.24. The molecular weight excluding hydrogens is 229 g/mol. The molecule has 0 aliphatic heterocycles. The van der Waals surface area contributed by atoms with Crippen LogP contribution in [0.3, 0.4) is 0 Å². The number of hydrogen-bond donors (Lipinski definition) is 1. The molecular formula is C12H13F3N2. The van der Waals surface area contributed by atoms with Crippen molar-refractivity contribution in [3.63, 3.8) is 0 Å². The van der Waals surface area contributed by atoms with E-state index in [1.807, 2.05) is 20.8 Å². The third-order valence-corrected chi connectivity index (χ3v) is 2.60. The molecule has 17 heavy (non-hydrogen) atoms. The molecule has 2 heterocycles. The zero-order chi connectivity index (χ0) is 12.8. The second-order valence-corrected chi connectivity index (χ2v) is 5.09. The van der Waals surface area contributed by atoms with E-state index in [0.29, 0.717) is 10.9 Å². The second kappa shape index (κ2) is 3.48. The van der Waals surface area contributed by atoms with Crippen molar-refractivity contribution in [3.05, 3.63) is 29.7 Å². The van der Waals surface area contributed by atoms with Crippen LogP contribution in [-0.4, -0.2) is 9.97 Å². The lowest BCUT2D eigenvalue weighted by molar-refractivity contribution is -0.141. The molecule has 2 aromatic rings. The average molecular weight is 242 g/mol. The molecule has 5 heteroatoms. The summed E-state index contributed by atoms with van der Waals surface area (Å²) in [4.78, 5) is 6.50. The Balaban J connectivity index is 2.56. The second-order valence-electron chi connectivity index (χ2n) is 5.09. The number of pyridine rings is 1. The van der Waals surface area contributed by atoms with Gasteiger partial charge in [0.05, 0.1) is 11.7 Å². The Bertz CT molecular complexity index is 535. The molecule has 0 saturated heterocycles. The molecule has 0 atom stereocenters. The summed E-state index contributed by atoms with van der Waals surface area (Å²) < 4.78 is 37.5. The van der Waals surface area contributed by atoms with Crippen LogP contribution in [-0.2, 0) is 11.6 Å². The highest BCUT2D eigenvalue weighted by atomic mass is 19.4. The molecule has 2 nitrogen and oxygen atoms in total. The molecule has 0 amide bonds. The fraction of sp³-hybridized carbons (Fsp3) is 0.417. The van der Waals surface area contributed by atoms with Crippen molar-refractivity contribution in [2.75, 3.05) is 0 Å². The Hall–Kier alpha value is -1.52. The fourth-order valence-corrected chi connectivity index (χ4v) is 1.59. The molecule has 0 spiro atoms. The minimum Gasteiger partial charge on any atom is -0.357 e. The molecule has 0 aliphatic rings. The lowest BCUT2D eigenvalue weighted by Gasteiger charge is -2.15. The number of fused-ring (bicyclic) bond motifs is 1. The highest BCUT2D eigenvalue weighted by Crippen LogP contribution is 2.31. The maximum atomic E-state index is 12.5. The minimum absolute atomic E-state index is 0.128. The topological polar surface area (TPSA) is 28.7 Å². The van der Waals surface area contributed by atoms with Crippen molar-refractivity contribution in [1.29, 1.82) is 0 Å². The van der Waals surface area contributed by atoms with Gasteiger partial charge in [0.15, 0.2) is 0 Å². The maximum absolute atomic E-state index is 12.5. The van der Waals surface area contributed by atoms with Crippen molar-refractivity contribution in [2.45, 2.75) is 32.4 Å². The summed E-state index contributed by atoms with van der Waals surface area (Å²) in [6, 6.07) is 2.81. The van der Waals surface area contributed by atoms with Gasteiger partial charge in [0.25, 0.3) is 0 Å². The lowest BCUT2D eigenvalue weighted by Crippen LogP contribution is -2.10. The third kappa shape index (κ3) is 2.28. The Morgan fingerprint density at radius 3 is 2.29 bits per heavy atom. The number of aromatic amines is 1. The molecule has 0 aliphatic carbocycles. The van der Waals surface area contributed by atoms with Crippen molar-refractivity contribution in [3.8, 4) is 0 Å². The number of nitrogens with zero attached hydrogens (tertiary/aromatic N) is 1. The summed E-state index contributed by atoms with van der Waals surface area (Å²) in [5.41, 5.74) is 0.540. The SMILES string of the molecule is CC(C)(C)c1cc2cc(C(F)(F)F)ncc2[nH]1. The van der Waals surface area contributed by atoms with E-state index in [1.54, 1.807) is 6.07 Å². The van der Waals surface area contributed by atoms with Gasteiger partial charge in [0, 0.05) is 16.5 Å². The number of rotatable bonds is 0. The van der Waals surface area contributed by atoms with Gasteiger partial charge >= 0.3 is 6.18 Å². The van der Waals surface area contributed by atoms with Gasteiger partial charge in [-0.05, 0) is 12.1 Å². The van der Waals surface area contributed by atoms with E-state index in [2.05, 4.69) is 9.97 Å². The van der Waals surface area contributed by atoms with Crippen LogP contribution in [0.1, 0.15) is 32.2 Å². The van der Waals surface area contributed by atoms with Gasteiger partial charge in [0.2, 0.25) is 0 Å². The van der Waals surface area contributed by atoms with Crippen LogP contribution in [0.2, 0.25) is 0 Å². The van der Waals surface area contributed by atoms with E-state index in [1.165, 1.54) is 6.20 Å². The first-order chi connectivity index (χ1) is 7.68. The van der Waals surface area contributed by atoms with Crippen molar-refractivity contribution in [2.24, 2.45) is 0 Å². The predicted octanol–water partition coefficient (Wildman–Crippen LogP) is 3.88. The number of nitrogens with one attached hydrogen (secondary N) is 1. The van der Waals surface area contributed by atoms with Gasteiger partial charge < -0.3 is 4.98 Å². The fourth-order valence-electron chi connectivity index (χ4n) is 1.59. The summed E-state index contributed by atoms with van der Waals surface area (Å²) in [7, 11) is 0. The van der Waals surface area contributed by atoms with Crippen LogP contribution in [0, 0.1) is 0 Å². The minimum atomic E-state index is -4.40.